The Hall–Kier alpha value is -3.00. The van der Waals surface area contributed by atoms with Crippen LogP contribution in [0, 0.1) is 19.3 Å². The lowest BCUT2D eigenvalue weighted by molar-refractivity contribution is -0.156. The number of sulfonamides is 1. The van der Waals surface area contributed by atoms with Crippen molar-refractivity contribution in [1.82, 2.24) is 14.9 Å². The number of esters is 1. The molecular formula is C30H43N3O8S2. The van der Waals surface area contributed by atoms with E-state index in [4.69, 9.17) is 14.2 Å². The number of methoxy groups -OCH3 is 1. The van der Waals surface area contributed by atoms with Gasteiger partial charge in [-0.05, 0) is 70.2 Å². The Morgan fingerprint density at radius 2 is 1.81 bits per heavy atom. The molecule has 2 aromatic rings. The van der Waals surface area contributed by atoms with Crippen LogP contribution in [0.4, 0.5) is 0 Å². The van der Waals surface area contributed by atoms with Gasteiger partial charge in [-0.15, -0.1) is 11.3 Å². The van der Waals surface area contributed by atoms with Crippen molar-refractivity contribution in [2.24, 2.45) is 5.41 Å². The van der Waals surface area contributed by atoms with Crippen molar-refractivity contribution in [2.45, 2.75) is 57.8 Å². The third kappa shape index (κ3) is 9.75. The highest BCUT2D eigenvalue weighted by Gasteiger charge is 2.40. The number of thiophene rings is 1. The van der Waals surface area contributed by atoms with Crippen LogP contribution in [0.3, 0.4) is 0 Å². The van der Waals surface area contributed by atoms with Gasteiger partial charge in [0.05, 0.1) is 16.9 Å². The van der Waals surface area contributed by atoms with Crippen LogP contribution in [0.15, 0.2) is 35.2 Å². The summed E-state index contributed by atoms with van der Waals surface area (Å²) in [4.78, 5) is 40.6. The zero-order chi connectivity index (χ0) is 31.5. The van der Waals surface area contributed by atoms with Gasteiger partial charge in [-0.25, -0.2) is 8.42 Å². The molecular weight excluding hydrogens is 594 g/mol. The zero-order valence-electron chi connectivity index (χ0n) is 25.4. The first-order valence-corrected chi connectivity index (χ1v) is 16.7. The molecule has 0 spiro atoms. The largest absolute Gasteiger partial charge is 0.484 e. The van der Waals surface area contributed by atoms with E-state index < -0.39 is 21.4 Å². The van der Waals surface area contributed by atoms with Gasteiger partial charge in [0.2, 0.25) is 15.9 Å². The number of hydrogen-bond acceptors (Lipinski definition) is 9. The van der Waals surface area contributed by atoms with Gasteiger partial charge in [-0.1, -0.05) is 12.1 Å². The van der Waals surface area contributed by atoms with Gasteiger partial charge in [-0.3, -0.25) is 14.4 Å². The predicted octanol–water partition coefficient (Wildman–Crippen LogP) is 2.98. The minimum Gasteiger partial charge on any atom is -0.484 e. The SMILES string of the molecule is CCOC(=O)C1(CCOC)CNC(=O)CCCN(S(=O)(=O)c2cc(C)sc2C)CCCNC(=O)COc2ccc(cc2)C1. The van der Waals surface area contributed by atoms with Crippen molar-refractivity contribution >= 4 is 39.1 Å². The highest BCUT2D eigenvalue weighted by molar-refractivity contribution is 7.89. The Labute approximate surface area is 258 Å². The van der Waals surface area contributed by atoms with Crippen LogP contribution in [-0.4, -0.2) is 83.6 Å². The molecule has 1 aromatic heterocycles. The van der Waals surface area contributed by atoms with E-state index in [2.05, 4.69) is 10.6 Å². The molecule has 0 aliphatic carbocycles. The van der Waals surface area contributed by atoms with E-state index >= 15 is 0 Å². The molecule has 2 aliphatic rings. The topological polar surface area (TPSA) is 140 Å². The standard InChI is InChI=1S/C30H43N3O8S2/c1-5-40-29(36)30(13-17-39-4)19-24-9-11-25(12-10-24)41-20-28(35)31-14-7-16-33(15-6-8-27(34)32-21-30)43(37,38)26-18-22(2)42-23(26)3/h9-12,18H,5-8,13-17,19-21H2,1-4H3,(H,31,35)(H,32,34). The summed E-state index contributed by atoms with van der Waals surface area (Å²) in [6, 6.07) is 8.75. The fourth-order valence-corrected chi connectivity index (χ4v) is 8.01. The maximum absolute atomic E-state index is 13.6. The van der Waals surface area contributed by atoms with Crippen molar-refractivity contribution < 1.29 is 37.0 Å². The first-order valence-electron chi connectivity index (χ1n) is 14.5. The number of carbonyl (C=O) groups is 3. The Morgan fingerprint density at radius 3 is 2.47 bits per heavy atom. The molecule has 4 rings (SSSR count). The molecule has 2 N–H and O–H groups in total. The Bertz CT molecular complexity index is 1340. The molecule has 1 atom stereocenters. The lowest BCUT2D eigenvalue weighted by atomic mass is 9.78. The molecule has 0 saturated heterocycles. The van der Waals surface area contributed by atoms with Gasteiger partial charge in [0, 0.05) is 56.1 Å². The van der Waals surface area contributed by atoms with Crippen LogP contribution >= 0.6 is 11.3 Å². The van der Waals surface area contributed by atoms with Gasteiger partial charge in [0.15, 0.2) is 6.61 Å². The maximum atomic E-state index is 13.6. The number of aryl methyl sites for hydroxylation is 2. The summed E-state index contributed by atoms with van der Waals surface area (Å²) in [5.41, 5.74) is -0.265. The van der Waals surface area contributed by atoms with Gasteiger partial charge >= 0.3 is 5.97 Å². The Kier molecular flexibility index (Phi) is 13.0. The number of benzene rings is 1. The van der Waals surface area contributed by atoms with Crippen molar-refractivity contribution in [3.05, 3.63) is 45.6 Å². The van der Waals surface area contributed by atoms with E-state index in [9.17, 15) is 22.8 Å². The summed E-state index contributed by atoms with van der Waals surface area (Å²) in [6.07, 6.45) is 1.32. The lowest BCUT2D eigenvalue weighted by Gasteiger charge is -2.32. The fourth-order valence-electron chi connectivity index (χ4n) is 4.97. The number of amides is 2. The average Bonchev–Trinajstić information content (AvgIpc) is 3.33. The summed E-state index contributed by atoms with van der Waals surface area (Å²) >= 11 is 1.42. The molecule has 11 nitrogen and oxygen atoms in total. The van der Waals surface area contributed by atoms with Crippen LogP contribution < -0.4 is 15.4 Å². The maximum Gasteiger partial charge on any atom is 0.314 e. The van der Waals surface area contributed by atoms with Crippen molar-refractivity contribution in [2.75, 3.05) is 53.1 Å². The Balaban J connectivity index is 1.87. The number of fused-ring (bicyclic) bond motifs is 17. The van der Waals surface area contributed by atoms with E-state index in [-0.39, 0.29) is 82.0 Å². The summed E-state index contributed by atoms with van der Waals surface area (Å²) in [7, 11) is -2.27. The van der Waals surface area contributed by atoms with Gasteiger partial charge in [-0.2, -0.15) is 4.31 Å². The summed E-state index contributed by atoms with van der Waals surface area (Å²) < 4.78 is 45.0. The van der Waals surface area contributed by atoms with Crippen LogP contribution in [0.5, 0.6) is 5.75 Å². The smallest absolute Gasteiger partial charge is 0.314 e. The molecule has 0 fully saturated rings. The van der Waals surface area contributed by atoms with E-state index in [1.54, 1.807) is 39.2 Å². The second kappa shape index (κ2) is 16.2. The minimum absolute atomic E-state index is 0.0296. The third-order valence-electron chi connectivity index (χ3n) is 7.28. The monoisotopic (exact) mass is 637 g/mol. The van der Waals surface area contributed by atoms with Gasteiger partial charge in [0.25, 0.3) is 5.91 Å². The molecule has 43 heavy (non-hydrogen) atoms. The van der Waals surface area contributed by atoms with Crippen molar-refractivity contribution in [1.29, 1.82) is 0 Å². The van der Waals surface area contributed by atoms with Crippen LogP contribution in [-0.2, 0) is 40.3 Å². The highest BCUT2D eigenvalue weighted by Crippen LogP contribution is 2.31. The van der Waals surface area contributed by atoms with Gasteiger partial charge < -0.3 is 24.8 Å². The van der Waals surface area contributed by atoms with Crippen LogP contribution in [0.1, 0.15) is 47.9 Å². The number of nitrogens with one attached hydrogen (secondary N) is 2. The molecule has 2 amide bonds. The van der Waals surface area contributed by atoms with Crippen LogP contribution in [0.25, 0.3) is 0 Å². The molecule has 1 unspecified atom stereocenters. The molecule has 13 heteroatoms. The quantitative estimate of drug-likeness (QED) is 0.442. The van der Waals surface area contributed by atoms with E-state index in [0.717, 1.165) is 10.4 Å². The van der Waals surface area contributed by atoms with E-state index in [0.29, 0.717) is 23.5 Å². The zero-order valence-corrected chi connectivity index (χ0v) is 27.0. The first kappa shape index (κ1) is 34.5. The third-order valence-corrected chi connectivity index (χ3v) is 10.4. The van der Waals surface area contributed by atoms with Gasteiger partial charge in [0.1, 0.15) is 5.75 Å². The molecule has 0 radical (unpaired) electrons. The second-order valence-electron chi connectivity index (χ2n) is 10.6. The highest BCUT2D eigenvalue weighted by atomic mass is 32.2. The molecule has 2 bridgehead atoms. The van der Waals surface area contributed by atoms with Crippen LogP contribution in [0.2, 0.25) is 0 Å². The van der Waals surface area contributed by atoms with E-state index in [1.807, 2.05) is 19.1 Å². The average molecular weight is 638 g/mol. The molecule has 238 valence electrons. The lowest BCUT2D eigenvalue weighted by Crippen LogP contribution is -2.46. The predicted molar refractivity (Wildman–Crippen MR) is 164 cm³/mol. The number of hydrogen-bond donors (Lipinski definition) is 2. The number of nitrogens with zero attached hydrogens (tertiary/aromatic N) is 1. The van der Waals surface area contributed by atoms with Crippen molar-refractivity contribution in [3.63, 3.8) is 0 Å². The summed E-state index contributed by atoms with van der Waals surface area (Å²) in [5, 5.41) is 5.68. The fraction of sp³-hybridized carbons (Fsp3) is 0.567. The Morgan fingerprint density at radius 1 is 1.09 bits per heavy atom. The molecule has 2 aliphatic heterocycles. The number of carbonyl (C=O) groups excluding carboxylic acids is 3. The molecule has 0 saturated carbocycles. The number of rotatable bonds is 7. The second-order valence-corrected chi connectivity index (χ2v) is 14.0. The number of ether oxygens (including phenoxy) is 3. The normalized spacial score (nSPS) is 20.1. The minimum atomic E-state index is -3.81. The summed E-state index contributed by atoms with van der Waals surface area (Å²) in [6.45, 7) is 6.23. The van der Waals surface area contributed by atoms with Crippen molar-refractivity contribution in [3.8, 4) is 5.75 Å². The molecule has 3 heterocycles. The first-order chi connectivity index (χ1) is 20.5. The summed E-state index contributed by atoms with van der Waals surface area (Å²) in [5.74, 6) is -0.574. The molecule has 1 aromatic carbocycles. The van der Waals surface area contributed by atoms with E-state index in [1.165, 1.54) is 15.6 Å².